The van der Waals surface area contributed by atoms with Crippen LogP contribution in [0.4, 0.5) is 5.69 Å². The first-order valence-corrected chi connectivity index (χ1v) is 12.9. The van der Waals surface area contributed by atoms with Crippen molar-refractivity contribution in [2.75, 3.05) is 11.6 Å². The van der Waals surface area contributed by atoms with Crippen LogP contribution in [0.3, 0.4) is 0 Å². The standard InChI is InChI=1S/C28H25BrCl2N2O3/c1-5-35-26-12-20(24(29)14-27(26)36-15-19-7-8-21(30)13-25(19)31)11-23-18(4)32-33(28(23)34)22-9-6-16(2)17(3)10-22/h6-14H,5,15H2,1-4H3/b23-11-. The van der Waals surface area contributed by atoms with Gasteiger partial charge in [0.05, 0.1) is 23.6 Å². The Balaban J connectivity index is 1.62. The minimum absolute atomic E-state index is 0.182. The minimum Gasteiger partial charge on any atom is -0.490 e. The predicted octanol–water partition coefficient (Wildman–Crippen LogP) is 8.16. The SMILES string of the molecule is CCOc1cc(/C=C2\C(=O)N(c3ccc(C)c(C)c3)N=C2C)c(Br)cc1OCc1ccc(Cl)cc1Cl. The van der Waals surface area contributed by atoms with Gasteiger partial charge in [0.1, 0.15) is 6.61 Å². The first kappa shape index (κ1) is 26.3. The van der Waals surface area contributed by atoms with E-state index in [-0.39, 0.29) is 12.5 Å². The smallest absolute Gasteiger partial charge is 0.280 e. The van der Waals surface area contributed by atoms with Crippen molar-refractivity contribution < 1.29 is 14.3 Å². The molecule has 1 amide bonds. The van der Waals surface area contributed by atoms with E-state index in [1.807, 2.05) is 70.2 Å². The highest BCUT2D eigenvalue weighted by Crippen LogP contribution is 2.37. The number of carbonyl (C=O) groups is 1. The summed E-state index contributed by atoms with van der Waals surface area (Å²) < 4.78 is 12.6. The van der Waals surface area contributed by atoms with Crippen molar-refractivity contribution in [3.8, 4) is 11.5 Å². The quantitative estimate of drug-likeness (QED) is 0.262. The van der Waals surface area contributed by atoms with Crippen molar-refractivity contribution in [3.05, 3.63) is 90.9 Å². The number of carbonyl (C=O) groups excluding carboxylic acids is 1. The summed E-state index contributed by atoms with van der Waals surface area (Å²) in [5, 5.41) is 7.05. The first-order chi connectivity index (χ1) is 17.2. The van der Waals surface area contributed by atoms with Crippen LogP contribution in [0, 0.1) is 13.8 Å². The summed E-state index contributed by atoms with van der Waals surface area (Å²) in [6.07, 6.45) is 1.81. The summed E-state index contributed by atoms with van der Waals surface area (Å²) >= 11 is 15.9. The van der Waals surface area contributed by atoms with Crippen molar-refractivity contribution in [1.29, 1.82) is 0 Å². The highest BCUT2D eigenvalue weighted by atomic mass is 79.9. The second-order valence-corrected chi connectivity index (χ2v) is 10.1. The fourth-order valence-corrected chi connectivity index (χ4v) is 4.61. The van der Waals surface area contributed by atoms with Crippen LogP contribution in [0.2, 0.25) is 10.0 Å². The lowest BCUT2D eigenvalue weighted by molar-refractivity contribution is -0.114. The third kappa shape index (κ3) is 5.61. The molecule has 5 nitrogen and oxygen atoms in total. The molecular formula is C28H25BrCl2N2O3. The Hall–Kier alpha value is -2.80. The largest absolute Gasteiger partial charge is 0.490 e. The molecule has 0 saturated carbocycles. The minimum atomic E-state index is -0.182. The number of aryl methyl sites for hydroxylation is 2. The molecule has 0 N–H and O–H groups in total. The van der Waals surface area contributed by atoms with Gasteiger partial charge in [0.25, 0.3) is 5.91 Å². The van der Waals surface area contributed by atoms with E-state index in [1.54, 1.807) is 12.1 Å². The maximum atomic E-state index is 13.3. The molecule has 0 unspecified atom stereocenters. The fraction of sp³-hybridized carbons (Fsp3) is 0.214. The second-order valence-electron chi connectivity index (χ2n) is 8.41. The molecule has 0 aromatic heterocycles. The Morgan fingerprint density at radius 3 is 2.42 bits per heavy atom. The molecule has 1 heterocycles. The first-order valence-electron chi connectivity index (χ1n) is 11.4. The number of halogens is 3. The van der Waals surface area contributed by atoms with Crippen LogP contribution in [0.25, 0.3) is 6.08 Å². The van der Waals surface area contributed by atoms with Crippen LogP contribution < -0.4 is 14.5 Å². The average molecular weight is 588 g/mol. The topological polar surface area (TPSA) is 51.1 Å². The van der Waals surface area contributed by atoms with Crippen molar-refractivity contribution in [3.63, 3.8) is 0 Å². The molecule has 0 saturated heterocycles. The molecule has 0 fully saturated rings. The van der Waals surface area contributed by atoms with E-state index >= 15 is 0 Å². The van der Waals surface area contributed by atoms with Crippen LogP contribution in [0.1, 0.15) is 36.1 Å². The molecule has 4 rings (SSSR count). The van der Waals surface area contributed by atoms with Gasteiger partial charge in [-0.25, -0.2) is 0 Å². The molecule has 36 heavy (non-hydrogen) atoms. The van der Waals surface area contributed by atoms with Crippen molar-refractivity contribution >= 4 is 62.5 Å². The number of amides is 1. The number of ether oxygens (including phenoxy) is 2. The summed E-state index contributed by atoms with van der Waals surface area (Å²) in [6, 6.07) is 14.8. The summed E-state index contributed by atoms with van der Waals surface area (Å²) in [7, 11) is 0. The van der Waals surface area contributed by atoms with Gasteiger partial charge in [-0.15, -0.1) is 0 Å². The summed E-state index contributed by atoms with van der Waals surface area (Å²) in [6.45, 7) is 8.49. The Morgan fingerprint density at radius 1 is 0.972 bits per heavy atom. The molecule has 1 aliphatic rings. The Labute approximate surface area is 229 Å². The molecule has 3 aromatic rings. The second kappa shape index (κ2) is 11.1. The number of rotatable bonds is 7. The van der Waals surface area contributed by atoms with Crippen molar-refractivity contribution in [2.45, 2.75) is 34.3 Å². The Kier molecular flexibility index (Phi) is 8.08. The number of nitrogens with zero attached hydrogens (tertiary/aromatic N) is 2. The lowest BCUT2D eigenvalue weighted by Gasteiger charge is -2.15. The molecule has 8 heteroatoms. The van der Waals surface area contributed by atoms with Gasteiger partial charge in [-0.3, -0.25) is 4.79 Å². The van der Waals surface area contributed by atoms with Gasteiger partial charge in [0, 0.05) is 20.1 Å². The summed E-state index contributed by atoms with van der Waals surface area (Å²) in [4.78, 5) is 13.3. The third-order valence-electron chi connectivity index (χ3n) is 5.86. The highest BCUT2D eigenvalue weighted by Gasteiger charge is 2.29. The Morgan fingerprint density at radius 2 is 1.72 bits per heavy atom. The van der Waals surface area contributed by atoms with Crippen LogP contribution >= 0.6 is 39.1 Å². The van der Waals surface area contributed by atoms with E-state index in [9.17, 15) is 4.79 Å². The fourth-order valence-electron chi connectivity index (χ4n) is 3.71. The van der Waals surface area contributed by atoms with E-state index in [0.717, 1.165) is 32.4 Å². The number of hydrazone groups is 1. The van der Waals surface area contributed by atoms with Gasteiger partial charge in [-0.1, -0.05) is 51.3 Å². The zero-order chi connectivity index (χ0) is 26.0. The monoisotopic (exact) mass is 586 g/mol. The van der Waals surface area contributed by atoms with Crippen molar-refractivity contribution in [2.24, 2.45) is 5.10 Å². The van der Waals surface area contributed by atoms with Crippen LogP contribution in [0.15, 0.2) is 63.7 Å². The van der Waals surface area contributed by atoms with Gasteiger partial charge in [-0.2, -0.15) is 10.1 Å². The normalized spacial score (nSPS) is 14.4. The van der Waals surface area contributed by atoms with Crippen molar-refractivity contribution in [1.82, 2.24) is 0 Å². The van der Waals surface area contributed by atoms with E-state index < -0.39 is 0 Å². The summed E-state index contributed by atoms with van der Waals surface area (Å²) in [5.74, 6) is 0.929. The third-order valence-corrected chi connectivity index (χ3v) is 7.13. The molecule has 1 aliphatic heterocycles. The van der Waals surface area contributed by atoms with Gasteiger partial charge in [0.15, 0.2) is 11.5 Å². The number of hydrogen-bond acceptors (Lipinski definition) is 4. The molecule has 0 spiro atoms. The lowest BCUT2D eigenvalue weighted by Crippen LogP contribution is -2.21. The molecular weight excluding hydrogens is 563 g/mol. The van der Waals surface area contributed by atoms with Gasteiger partial charge in [0.2, 0.25) is 0 Å². The van der Waals surface area contributed by atoms with Gasteiger partial charge < -0.3 is 9.47 Å². The zero-order valence-corrected chi connectivity index (χ0v) is 23.5. The van der Waals surface area contributed by atoms with Crippen LogP contribution in [0.5, 0.6) is 11.5 Å². The maximum Gasteiger partial charge on any atom is 0.280 e. The van der Waals surface area contributed by atoms with E-state index in [4.69, 9.17) is 32.7 Å². The molecule has 0 aliphatic carbocycles. The number of anilines is 1. The molecule has 186 valence electrons. The highest BCUT2D eigenvalue weighted by molar-refractivity contribution is 9.10. The predicted molar refractivity (Wildman–Crippen MR) is 151 cm³/mol. The van der Waals surface area contributed by atoms with E-state index in [2.05, 4.69) is 21.0 Å². The molecule has 0 atom stereocenters. The van der Waals surface area contributed by atoms with Gasteiger partial charge >= 0.3 is 0 Å². The molecule has 0 bridgehead atoms. The zero-order valence-electron chi connectivity index (χ0n) is 20.4. The number of benzene rings is 3. The molecule has 0 radical (unpaired) electrons. The van der Waals surface area contributed by atoms with Gasteiger partial charge in [-0.05, 0) is 86.9 Å². The summed E-state index contributed by atoms with van der Waals surface area (Å²) in [5.41, 5.74) is 5.74. The van der Waals surface area contributed by atoms with E-state index in [1.165, 1.54) is 5.01 Å². The van der Waals surface area contributed by atoms with Crippen LogP contribution in [-0.2, 0) is 11.4 Å². The van der Waals surface area contributed by atoms with Crippen LogP contribution in [-0.4, -0.2) is 18.2 Å². The Bertz CT molecular complexity index is 1400. The lowest BCUT2D eigenvalue weighted by atomic mass is 10.1. The maximum absolute atomic E-state index is 13.3. The van der Waals surface area contributed by atoms with E-state index in [0.29, 0.717) is 39.4 Å². The average Bonchev–Trinajstić information content (AvgIpc) is 3.11. The molecule has 3 aromatic carbocycles. The number of hydrogen-bond donors (Lipinski definition) is 0.